The summed E-state index contributed by atoms with van der Waals surface area (Å²) in [5, 5.41) is 0. The Labute approximate surface area is 153 Å². The number of hydrogen-bond acceptors (Lipinski definition) is 4. The fraction of sp³-hybridized carbons (Fsp3) is 1.00. The first kappa shape index (κ1) is 24.1. The lowest BCUT2D eigenvalue weighted by Gasteiger charge is -2.35. The average Bonchev–Trinajstić information content (AvgIpc) is 2.62. The van der Waals surface area contributed by atoms with E-state index in [1.54, 1.807) is 21.3 Å². The van der Waals surface area contributed by atoms with Gasteiger partial charge < -0.3 is 18.6 Å². The topological polar surface area (TPSA) is 36.9 Å². The largest absolute Gasteiger partial charge is 0.417 e. The van der Waals surface area contributed by atoms with E-state index in [1.807, 2.05) is 0 Å². The molecule has 0 aliphatic carbocycles. The molecule has 0 saturated heterocycles. The van der Waals surface area contributed by atoms with Crippen molar-refractivity contribution in [1.82, 2.24) is 0 Å². The number of rotatable bonds is 18. The fourth-order valence-corrected chi connectivity index (χ4v) is 3.78. The molecule has 146 valence electrons. The Morgan fingerprint density at radius 2 is 1.04 bits per heavy atom. The molecular weight excluding hydrogens is 320 g/mol. The lowest BCUT2D eigenvalue weighted by molar-refractivity contribution is -0.384. The van der Waals surface area contributed by atoms with E-state index in [4.69, 9.17) is 18.6 Å². The van der Waals surface area contributed by atoms with Crippen molar-refractivity contribution in [1.29, 1.82) is 0 Å². The van der Waals surface area contributed by atoms with E-state index in [0.29, 0.717) is 10.5 Å². The molecule has 0 radical (unpaired) electrons. The Bertz CT molecular complexity index is 251. The molecule has 5 heteroatoms. The highest BCUT2D eigenvalue weighted by Crippen LogP contribution is 2.24. The van der Waals surface area contributed by atoms with Gasteiger partial charge in [0, 0.05) is 21.3 Å². The average molecular weight is 363 g/mol. The molecule has 0 fully saturated rings. The van der Waals surface area contributed by atoms with Gasteiger partial charge in [-0.1, -0.05) is 84.0 Å². The van der Waals surface area contributed by atoms with Crippen molar-refractivity contribution in [3.8, 4) is 0 Å². The minimum atomic E-state index is -1.06. The zero-order chi connectivity index (χ0) is 18.1. The minimum Gasteiger partial charge on any atom is -0.417 e. The second-order valence-electron chi connectivity index (χ2n) is 6.62. The molecule has 0 heterocycles. The van der Waals surface area contributed by atoms with Crippen molar-refractivity contribution in [2.75, 3.05) is 21.3 Å². The van der Waals surface area contributed by atoms with Crippen LogP contribution in [0.4, 0.5) is 0 Å². The Morgan fingerprint density at radius 1 is 0.667 bits per heavy atom. The first-order valence-corrected chi connectivity index (χ1v) is 10.7. The SMILES string of the molecule is CCCCCCCCCCCCCCC(O[SiH3])C(OC)(OC)OC. The molecule has 1 atom stereocenters. The van der Waals surface area contributed by atoms with Crippen LogP contribution >= 0.6 is 0 Å². The van der Waals surface area contributed by atoms with E-state index in [2.05, 4.69) is 6.92 Å². The predicted molar refractivity (Wildman–Crippen MR) is 104 cm³/mol. The Balaban J connectivity index is 3.60. The number of unbranched alkanes of at least 4 members (excludes halogenated alkanes) is 11. The summed E-state index contributed by atoms with van der Waals surface area (Å²) in [6, 6.07) is 0. The van der Waals surface area contributed by atoms with Crippen LogP contribution in [0.3, 0.4) is 0 Å². The van der Waals surface area contributed by atoms with Crippen LogP contribution in [0.15, 0.2) is 0 Å². The van der Waals surface area contributed by atoms with E-state index in [9.17, 15) is 0 Å². The number of methoxy groups -OCH3 is 3. The van der Waals surface area contributed by atoms with Crippen LogP contribution in [0.2, 0.25) is 0 Å². The van der Waals surface area contributed by atoms with E-state index in [-0.39, 0.29) is 6.10 Å². The van der Waals surface area contributed by atoms with Gasteiger partial charge >= 0.3 is 5.97 Å². The summed E-state index contributed by atoms with van der Waals surface area (Å²) in [6.07, 6.45) is 17.0. The third-order valence-corrected chi connectivity index (χ3v) is 5.42. The van der Waals surface area contributed by atoms with Gasteiger partial charge in [-0.15, -0.1) is 0 Å². The van der Waals surface area contributed by atoms with Gasteiger partial charge in [0.25, 0.3) is 0 Å². The van der Waals surface area contributed by atoms with E-state index in [0.717, 1.165) is 12.8 Å². The van der Waals surface area contributed by atoms with Crippen molar-refractivity contribution < 1.29 is 18.6 Å². The van der Waals surface area contributed by atoms with Gasteiger partial charge in [0.05, 0.1) is 0 Å². The molecule has 0 amide bonds. The molecule has 24 heavy (non-hydrogen) atoms. The minimum absolute atomic E-state index is 0.146. The van der Waals surface area contributed by atoms with E-state index in [1.165, 1.54) is 70.6 Å². The summed E-state index contributed by atoms with van der Waals surface area (Å²) < 4.78 is 21.9. The second-order valence-corrected chi connectivity index (χ2v) is 7.09. The summed E-state index contributed by atoms with van der Waals surface area (Å²) in [5.41, 5.74) is 0. The van der Waals surface area contributed by atoms with Gasteiger partial charge in [-0.25, -0.2) is 0 Å². The maximum Gasteiger partial charge on any atom is 0.308 e. The van der Waals surface area contributed by atoms with Crippen molar-refractivity contribution in [2.45, 2.75) is 102 Å². The second kappa shape index (κ2) is 16.5. The first-order chi connectivity index (χ1) is 11.7. The molecule has 0 bridgehead atoms. The van der Waals surface area contributed by atoms with Crippen molar-refractivity contribution in [3.05, 3.63) is 0 Å². The van der Waals surface area contributed by atoms with Crippen LogP contribution in [0.1, 0.15) is 90.4 Å². The molecule has 0 aromatic heterocycles. The Hall–Kier alpha value is 0.0569. The summed E-state index contributed by atoms with van der Waals surface area (Å²) in [7, 11) is 5.45. The summed E-state index contributed by atoms with van der Waals surface area (Å²) in [6.45, 7) is 2.27. The smallest absolute Gasteiger partial charge is 0.308 e. The molecular formula is C19H42O4Si. The molecule has 0 spiro atoms. The maximum atomic E-state index is 5.65. The van der Waals surface area contributed by atoms with Crippen LogP contribution in [0.25, 0.3) is 0 Å². The number of ether oxygens (including phenoxy) is 3. The maximum absolute atomic E-state index is 5.65. The monoisotopic (exact) mass is 362 g/mol. The highest BCUT2D eigenvalue weighted by Gasteiger charge is 2.39. The van der Waals surface area contributed by atoms with Crippen LogP contribution in [-0.2, 0) is 18.6 Å². The lowest BCUT2D eigenvalue weighted by Crippen LogP contribution is -2.48. The third-order valence-electron chi connectivity index (χ3n) is 4.85. The summed E-state index contributed by atoms with van der Waals surface area (Å²) in [5.74, 6) is -1.06. The van der Waals surface area contributed by atoms with Gasteiger partial charge in [-0.2, -0.15) is 0 Å². The van der Waals surface area contributed by atoms with Crippen LogP contribution in [0, 0.1) is 0 Å². The van der Waals surface area contributed by atoms with Gasteiger partial charge in [-0.3, -0.25) is 0 Å². The number of hydrogen-bond donors (Lipinski definition) is 0. The van der Waals surface area contributed by atoms with Crippen LogP contribution < -0.4 is 0 Å². The molecule has 4 nitrogen and oxygen atoms in total. The molecule has 0 N–H and O–H groups in total. The van der Waals surface area contributed by atoms with Crippen molar-refractivity contribution >= 4 is 10.5 Å². The highest BCUT2D eigenvalue weighted by molar-refractivity contribution is 5.98. The first-order valence-electron chi connectivity index (χ1n) is 9.89. The standard InChI is InChI=1S/C19H42O4Si/c1-5-6-7-8-9-10-11-12-13-14-15-16-17-18(23-24)19(20-2,21-3)22-4/h18H,5-17H2,1-4,24H3. The van der Waals surface area contributed by atoms with E-state index < -0.39 is 5.97 Å². The highest BCUT2D eigenvalue weighted by atomic mass is 28.2. The summed E-state index contributed by atoms with van der Waals surface area (Å²) in [4.78, 5) is 0. The molecule has 0 rings (SSSR count). The zero-order valence-corrected chi connectivity index (χ0v) is 18.9. The fourth-order valence-electron chi connectivity index (χ4n) is 3.25. The normalized spacial score (nSPS) is 13.5. The van der Waals surface area contributed by atoms with E-state index >= 15 is 0 Å². The molecule has 0 aromatic rings. The van der Waals surface area contributed by atoms with Gasteiger partial charge in [-0.05, 0) is 6.42 Å². The lowest BCUT2D eigenvalue weighted by atomic mass is 10.0. The van der Waals surface area contributed by atoms with Gasteiger partial charge in [0.15, 0.2) is 0 Å². The molecule has 0 aromatic carbocycles. The molecule has 1 unspecified atom stereocenters. The van der Waals surface area contributed by atoms with Gasteiger partial charge in [0.2, 0.25) is 0 Å². The van der Waals surface area contributed by atoms with Gasteiger partial charge in [0.1, 0.15) is 16.6 Å². The molecule has 0 aliphatic heterocycles. The Morgan fingerprint density at radius 3 is 1.38 bits per heavy atom. The van der Waals surface area contributed by atoms with Crippen molar-refractivity contribution in [3.63, 3.8) is 0 Å². The summed E-state index contributed by atoms with van der Waals surface area (Å²) >= 11 is 0. The van der Waals surface area contributed by atoms with Crippen LogP contribution in [-0.4, -0.2) is 43.9 Å². The third kappa shape index (κ3) is 10.1. The Kier molecular flexibility index (Phi) is 16.6. The quantitative estimate of drug-likeness (QED) is 0.206. The van der Waals surface area contributed by atoms with Crippen molar-refractivity contribution in [2.24, 2.45) is 0 Å². The molecule has 0 aliphatic rings. The van der Waals surface area contributed by atoms with Crippen LogP contribution in [0.5, 0.6) is 0 Å². The molecule has 0 saturated carbocycles. The zero-order valence-electron chi connectivity index (χ0n) is 16.9. The predicted octanol–water partition coefficient (Wildman–Crippen LogP) is 4.34.